The number of nitrogens with one attached hydrogen (secondary N) is 1. The zero-order valence-corrected chi connectivity index (χ0v) is 7.83. The van der Waals surface area contributed by atoms with Crippen LogP contribution in [0.25, 0.3) is 0 Å². The Morgan fingerprint density at radius 1 is 1.46 bits per heavy atom. The summed E-state index contributed by atoms with van der Waals surface area (Å²) in [5.41, 5.74) is 0. The Kier molecular flexibility index (Phi) is 2.82. The van der Waals surface area contributed by atoms with E-state index in [9.17, 15) is 0 Å². The van der Waals surface area contributed by atoms with Gasteiger partial charge in [-0.15, -0.1) is 0 Å². The van der Waals surface area contributed by atoms with E-state index in [-0.39, 0.29) is 6.04 Å². The molecular weight excluding hydrogens is 164 g/mol. The summed E-state index contributed by atoms with van der Waals surface area (Å²) < 4.78 is 5.48. The number of rotatable bonds is 4. The van der Waals surface area contributed by atoms with E-state index in [1.165, 1.54) is 19.3 Å². The van der Waals surface area contributed by atoms with Crippen LogP contribution >= 0.6 is 0 Å². The molecule has 1 N–H and O–H groups in total. The lowest BCUT2D eigenvalue weighted by atomic mass is 10.2. The van der Waals surface area contributed by atoms with Crippen molar-refractivity contribution in [3.8, 4) is 6.07 Å². The fourth-order valence-electron chi connectivity index (χ4n) is 1.81. The van der Waals surface area contributed by atoms with Crippen molar-refractivity contribution >= 4 is 0 Å². The predicted molar refractivity (Wildman–Crippen MR) is 49.1 cm³/mol. The minimum Gasteiger partial charge on any atom is -0.377 e. The SMILES string of the molecule is N#CC(NCC1CCCO1)C1CC1. The highest BCUT2D eigenvalue weighted by Crippen LogP contribution is 2.32. The lowest BCUT2D eigenvalue weighted by Gasteiger charge is -2.14. The third-order valence-corrected chi connectivity index (χ3v) is 2.82. The van der Waals surface area contributed by atoms with Gasteiger partial charge in [-0.3, -0.25) is 5.32 Å². The van der Waals surface area contributed by atoms with Crippen LogP contribution in [0.1, 0.15) is 25.7 Å². The van der Waals surface area contributed by atoms with E-state index in [1.807, 2.05) is 0 Å². The maximum absolute atomic E-state index is 8.86. The molecule has 1 aliphatic carbocycles. The summed E-state index contributed by atoms with van der Waals surface area (Å²) in [6.45, 7) is 1.75. The molecule has 0 aromatic heterocycles. The van der Waals surface area contributed by atoms with Gasteiger partial charge in [-0.05, 0) is 31.6 Å². The van der Waals surface area contributed by atoms with Crippen LogP contribution in [-0.2, 0) is 4.74 Å². The van der Waals surface area contributed by atoms with Crippen molar-refractivity contribution in [1.29, 1.82) is 5.26 Å². The summed E-state index contributed by atoms with van der Waals surface area (Å²) in [5.74, 6) is 0.617. The molecule has 0 aromatic carbocycles. The molecule has 13 heavy (non-hydrogen) atoms. The average Bonchev–Trinajstić information content (AvgIpc) is 2.84. The standard InChI is InChI=1S/C10H16N2O/c11-6-10(8-3-4-8)12-7-9-2-1-5-13-9/h8-10,12H,1-5,7H2. The maximum Gasteiger partial charge on any atom is 0.0982 e. The molecule has 3 nitrogen and oxygen atoms in total. The first-order chi connectivity index (χ1) is 6.40. The Morgan fingerprint density at radius 2 is 2.31 bits per heavy atom. The number of hydrogen-bond acceptors (Lipinski definition) is 3. The summed E-state index contributed by atoms with van der Waals surface area (Å²) in [4.78, 5) is 0. The molecule has 2 fully saturated rings. The van der Waals surface area contributed by atoms with Crippen molar-refractivity contribution in [1.82, 2.24) is 5.32 Å². The maximum atomic E-state index is 8.86. The monoisotopic (exact) mass is 180 g/mol. The molecule has 2 atom stereocenters. The lowest BCUT2D eigenvalue weighted by molar-refractivity contribution is 0.108. The van der Waals surface area contributed by atoms with Crippen molar-refractivity contribution in [2.75, 3.05) is 13.2 Å². The first-order valence-electron chi connectivity index (χ1n) is 5.15. The molecule has 1 heterocycles. The van der Waals surface area contributed by atoms with Crippen LogP contribution in [0.3, 0.4) is 0 Å². The fraction of sp³-hybridized carbons (Fsp3) is 0.900. The van der Waals surface area contributed by atoms with Gasteiger partial charge in [-0.1, -0.05) is 0 Å². The molecule has 3 heteroatoms. The summed E-state index contributed by atoms with van der Waals surface area (Å²) in [7, 11) is 0. The van der Waals surface area contributed by atoms with Crippen LogP contribution in [0.2, 0.25) is 0 Å². The van der Waals surface area contributed by atoms with Crippen LogP contribution in [0.15, 0.2) is 0 Å². The molecule has 1 aliphatic heterocycles. The van der Waals surface area contributed by atoms with E-state index in [2.05, 4.69) is 11.4 Å². The third-order valence-electron chi connectivity index (χ3n) is 2.82. The smallest absolute Gasteiger partial charge is 0.0982 e. The van der Waals surface area contributed by atoms with Crippen molar-refractivity contribution in [2.24, 2.45) is 5.92 Å². The second kappa shape index (κ2) is 4.08. The Labute approximate surface area is 79.1 Å². The molecular formula is C10H16N2O. The fourth-order valence-corrected chi connectivity index (χ4v) is 1.81. The number of ether oxygens (including phenoxy) is 1. The molecule has 0 spiro atoms. The van der Waals surface area contributed by atoms with Gasteiger partial charge in [-0.2, -0.15) is 5.26 Å². The van der Waals surface area contributed by atoms with Gasteiger partial charge in [0.15, 0.2) is 0 Å². The average molecular weight is 180 g/mol. The first-order valence-corrected chi connectivity index (χ1v) is 5.15. The minimum absolute atomic E-state index is 0.0733. The molecule has 1 saturated heterocycles. The van der Waals surface area contributed by atoms with Crippen LogP contribution in [0.5, 0.6) is 0 Å². The van der Waals surface area contributed by atoms with Gasteiger partial charge in [0.2, 0.25) is 0 Å². The Bertz CT molecular complexity index is 201. The van der Waals surface area contributed by atoms with Gasteiger partial charge in [0.25, 0.3) is 0 Å². The number of nitrogens with zero attached hydrogens (tertiary/aromatic N) is 1. The number of nitriles is 1. The largest absolute Gasteiger partial charge is 0.377 e. The summed E-state index contributed by atoms with van der Waals surface area (Å²) in [6.07, 6.45) is 5.12. The third kappa shape index (κ3) is 2.43. The van der Waals surface area contributed by atoms with E-state index in [4.69, 9.17) is 10.00 Å². The molecule has 1 saturated carbocycles. The highest BCUT2D eigenvalue weighted by Gasteiger charge is 2.31. The molecule has 0 amide bonds. The Morgan fingerprint density at radius 3 is 2.85 bits per heavy atom. The van der Waals surface area contributed by atoms with E-state index >= 15 is 0 Å². The van der Waals surface area contributed by atoms with Gasteiger partial charge in [-0.25, -0.2) is 0 Å². The normalized spacial score (nSPS) is 29.9. The Balaban J connectivity index is 1.67. The van der Waals surface area contributed by atoms with E-state index < -0.39 is 0 Å². The topological polar surface area (TPSA) is 45.0 Å². The summed E-state index contributed by atoms with van der Waals surface area (Å²) >= 11 is 0. The zero-order valence-electron chi connectivity index (χ0n) is 7.83. The molecule has 0 bridgehead atoms. The van der Waals surface area contributed by atoms with Gasteiger partial charge in [0.05, 0.1) is 18.2 Å². The van der Waals surface area contributed by atoms with Gasteiger partial charge in [0.1, 0.15) is 0 Å². The van der Waals surface area contributed by atoms with Gasteiger partial charge >= 0.3 is 0 Å². The van der Waals surface area contributed by atoms with Crippen LogP contribution < -0.4 is 5.32 Å². The van der Waals surface area contributed by atoms with E-state index in [0.29, 0.717) is 12.0 Å². The van der Waals surface area contributed by atoms with Crippen LogP contribution in [-0.4, -0.2) is 25.3 Å². The zero-order chi connectivity index (χ0) is 9.10. The molecule has 2 rings (SSSR count). The molecule has 0 aromatic rings. The highest BCUT2D eigenvalue weighted by molar-refractivity contribution is 5.00. The van der Waals surface area contributed by atoms with Gasteiger partial charge in [0, 0.05) is 13.2 Å². The molecule has 0 radical (unpaired) electrons. The van der Waals surface area contributed by atoms with Crippen molar-refractivity contribution in [2.45, 2.75) is 37.8 Å². The predicted octanol–water partition coefficient (Wildman–Crippen LogP) is 1.06. The first kappa shape index (κ1) is 8.98. The van der Waals surface area contributed by atoms with Crippen LogP contribution in [0.4, 0.5) is 0 Å². The minimum atomic E-state index is 0.0733. The van der Waals surface area contributed by atoms with Crippen molar-refractivity contribution in [3.63, 3.8) is 0 Å². The molecule has 2 aliphatic rings. The quantitative estimate of drug-likeness (QED) is 0.703. The second-order valence-electron chi connectivity index (χ2n) is 3.99. The van der Waals surface area contributed by atoms with Crippen molar-refractivity contribution in [3.05, 3.63) is 0 Å². The lowest BCUT2D eigenvalue weighted by Crippen LogP contribution is -2.35. The summed E-state index contributed by atoms with van der Waals surface area (Å²) in [5, 5.41) is 12.1. The number of hydrogen-bond donors (Lipinski definition) is 1. The Hall–Kier alpha value is -0.590. The van der Waals surface area contributed by atoms with Crippen LogP contribution in [0, 0.1) is 17.2 Å². The molecule has 2 unspecified atom stereocenters. The van der Waals surface area contributed by atoms with E-state index in [1.54, 1.807) is 0 Å². The van der Waals surface area contributed by atoms with Crippen molar-refractivity contribution < 1.29 is 4.74 Å². The summed E-state index contributed by atoms with van der Waals surface area (Å²) in [6, 6.07) is 2.39. The van der Waals surface area contributed by atoms with Gasteiger partial charge < -0.3 is 4.74 Å². The second-order valence-corrected chi connectivity index (χ2v) is 3.99. The highest BCUT2D eigenvalue weighted by atomic mass is 16.5. The van der Waals surface area contributed by atoms with E-state index in [0.717, 1.165) is 19.6 Å². The molecule has 72 valence electrons.